The summed E-state index contributed by atoms with van der Waals surface area (Å²) in [5.74, 6) is -0.339. The number of carbonyl (C=O) groups excluding carboxylic acids is 1. The first-order chi connectivity index (χ1) is 12.3. The fraction of sp³-hybridized carbons (Fsp3) is 0.188. The Hall–Kier alpha value is -3.30. The van der Waals surface area contributed by atoms with Crippen molar-refractivity contribution in [3.63, 3.8) is 0 Å². The number of hydrogen-bond donors (Lipinski definition) is 1. The normalized spacial score (nSPS) is 12.6. The summed E-state index contributed by atoms with van der Waals surface area (Å²) in [6.07, 6.45) is -0.602. The van der Waals surface area contributed by atoms with Crippen LogP contribution in [0.5, 0.6) is 0 Å². The lowest BCUT2D eigenvalue weighted by molar-refractivity contribution is -0.141. The summed E-state index contributed by atoms with van der Waals surface area (Å²) >= 11 is 0. The smallest absolute Gasteiger partial charge is 0.341 e. The van der Waals surface area contributed by atoms with Crippen LogP contribution in [-0.2, 0) is 6.18 Å². The van der Waals surface area contributed by atoms with Gasteiger partial charge in [0.2, 0.25) is 11.7 Å². The van der Waals surface area contributed by atoms with E-state index in [1.165, 1.54) is 30.6 Å². The van der Waals surface area contributed by atoms with Crippen molar-refractivity contribution in [1.29, 1.82) is 0 Å². The number of carbonyl (C=O) groups is 1. The second kappa shape index (κ2) is 6.90. The zero-order valence-electron chi connectivity index (χ0n) is 13.4. The Labute approximate surface area is 145 Å². The van der Waals surface area contributed by atoms with Crippen LogP contribution in [-0.4, -0.2) is 26.0 Å². The molecule has 3 aromatic heterocycles. The summed E-state index contributed by atoms with van der Waals surface area (Å²) in [7, 11) is 0. The molecule has 10 heteroatoms. The Morgan fingerprint density at radius 3 is 2.62 bits per heavy atom. The van der Waals surface area contributed by atoms with Crippen molar-refractivity contribution in [1.82, 2.24) is 25.4 Å². The van der Waals surface area contributed by atoms with Crippen LogP contribution in [0.25, 0.3) is 11.4 Å². The van der Waals surface area contributed by atoms with Crippen molar-refractivity contribution < 1.29 is 22.5 Å². The van der Waals surface area contributed by atoms with Gasteiger partial charge < -0.3 is 9.84 Å². The molecular formula is C16H12F3N5O2. The Morgan fingerprint density at radius 1 is 1.19 bits per heavy atom. The molecule has 0 fully saturated rings. The van der Waals surface area contributed by atoms with Crippen LogP contribution >= 0.6 is 0 Å². The lowest BCUT2D eigenvalue weighted by Crippen LogP contribution is -2.26. The fourth-order valence-corrected chi connectivity index (χ4v) is 2.10. The number of halogens is 3. The van der Waals surface area contributed by atoms with Gasteiger partial charge in [-0.15, -0.1) is 0 Å². The molecular weight excluding hydrogens is 351 g/mol. The van der Waals surface area contributed by atoms with E-state index in [0.717, 1.165) is 12.3 Å². The molecule has 26 heavy (non-hydrogen) atoms. The predicted octanol–water partition coefficient (Wildman–Crippen LogP) is 3.04. The van der Waals surface area contributed by atoms with Crippen LogP contribution in [0.3, 0.4) is 0 Å². The third-order valence-corrected chi connectivity index (χ3v) is 3.41. The molecule has 7 nitrogen and oxygen atoms in total. The van der Waals surface area contributed by atoms with Gasteiger partial charge >= 0.3 is 6.18 Å². The maximum atomic E-state index is 12.7. The maximum absolute atomic E-state index is 12.7. The van der Waals surface area contributed by atoms with Crippen LogP contribution in [0.2, 0.25) is 0 Å². The maximum Gasteiger partial charge on any atom is 0.433 e. The zero-order valence-corrected chi connectivity index (χ0v) is 13.4. The molecule has 1 amide bonds. The molecule has 0 bridgehead atoms. The van der Waals surface area contributed by atoms with Crippen LogP contribution in [0.4, 0.5) is 13.2 Å². The van der Waals surface area contributed by atoms with Crippen LogP contribution < -0.4 is 5.32 Å². The standard InChI is InChI=1S/C16H12F3N5O2/c1-9(22-14(25)10-2-5-20-6-3-10)15-23-13(24-26-15)11-4-7-21-12(8-11)16(17,18)19/h2-9H,1H3,(H,22,25). The van der Waals surface area contributed by atoms with Gasteiger partial charge in [0.1, 0.15) is 11.7 Å². The third-order valence-electron chi connectivity index (χ3n) is 3.41. The minimum absolute atomic E-state index is 0.0297. The summed E-state index contributed by atoms with van der Waals surface area (Å²) in [4.78, 5) is 23.2. The molecule has 0 aromatic carbocycles. The first-order valence-corrected chi connectivity index (χ1v) is 7.42. The summed E-state index contributed by atoms with van der Waals surface area (Å²) in [5, 5.41) is 6.33. The second-order valence-electron chi connectivity index (χ2n) is 5.31. The van der Waals surface area contributed by atoms with Gasteiger partial charge in [0, 0.05) is 29.7 Å². The molecule has 1 unspecified atom stereocenters. The molecule has 0 aliphatic carbocycles. The molecule has 134 valence electrons. The van der Waals surface area contributed by atoms with Crippen molar-refractivity contribution in [2.24, 2.45) is 0 Å². The summed E-state index contributed by atoms with van der Waals surface area (Å²) in [5.41, 5.74) is -0.550. The van der Waals surface area contributed by atoms with E-state index in [1.54, 1.807) is 6.92 Å². The largest absolute Gasteiger partial charge is 0.433 e. The fourth-order valence-electron chi connectivity index (χ4n) is 2.10. The van der Waals surface area contributed by atoms with Crippen molar-refractivity contribution in [2.45, 2.75) is 19.1 Å². The van der Waals surface area contributed by atoms with Gasteiger partial charge in [0.05, 0.1) is 0 Å². The number of pyridine rings is 2. The molecule has 0 spiro atoms. The molecule has 0 radical (unpaired) electrons. The molecule has 0 saturated heterocycles. The van der Waals surface area contributed by atoms with Crippen LogP contribution in [0.15, 0.2) is 47.4 Å². The number of amides is 1. The Bertz CT molecular complexity index is 912. The minimum Gasteiger partial charge on any atom is -0.341 e. The highest BCUT2D eigenvalue weighted by atomic mass is 19.4. The number of rotatable bonds is 4. The number of hydrogen-bond acceptors (Lipinski definition) is 6. The van der Waals surface area contributed by atoms with Gasteiger partial charge in [0.25, 0.3) is 5.91 Å². The zero-order chi connectivity index (χ0) is 18.7. The SMILES string of the molecule is CC(NC(=O)c1ccncc1)c1nc(-c2ccnc(C(F)(F)F)c2)no1. The van der Waals surface area contributed by atoms with Gasteiger partial charge in [-0.2, -0.15) is 18.2 Å². The summed E-state index contributed by atoms with van der Waals surface area (Å²) in [6, 6.07) is 4.60. The van der Waals surface area contributed by atoms with E-state index in [4.69, 9.17) is 4.52 Å². The van der Waals surface area contributed by atoms with Gasteiger partial charge in [-0.1, -0.05) is 5.16 Å². The van der Waals surface area contributed by atoms with E-state index in [1.807, 2.05) is 0 Å². The van der Waals surface area contributed by atoms with E-state index in [9.17, 15) is 18.0 Å². The Balaban J connectivity index is 1.76. The topological polar surface area (TPSA) is 93.8 Å². The van der Waals surface area contributed by atoms with Crippen LogP contribution in [0, 0.1) is 0 Å². The second-order valence-corrected chi connectivity index (χ2v) is 5.31. The monoisotopic (exact) mass is 363 g/mol. The number of aromatic nitrogens is 4. The van der Waals surface area contributed by atoms with E-state index in [2.05, 4.69) is 25.4 Å². The van der Waals surface area contributed by atoms with Gasteiger partial charge in [-0.05, 0) is 31.2 Å². The number of nitrogens with one attached hydrogen (secondary N) is 1. The van der Waals surface area contributed by atoms with Gasteiger partial charge in [-0.25, -0.2) is 0 Å². The molecule has 3 heterocycles. The number of alkyl halides is 3. The Morgan fingerprint density at radius 2 is 1.92 bits per heavy atom. The highest BCUT2D eigenvalue weighted by Gasteiger charge is 2.33. The van der Waals surface area contributed by atoms with Gasteiger partial charge in [-0.3, -0.25) is 14.8 Å². The molecule has 0 aliphatic heterocycles. The van der Waals surface area contributed by atoms with E-state index >= 15 is 0 Å². The van der Waals surface area contributed by atoms with E-state index in [0.29, 0.717) is 5.56 Å². The van der Waals surface area contributed by atoms with Crippen molar-refractivity contribution in [2.75, 3.05) is 0 Å². The van der Waals surface area contributed by atoms with E-state index < -0.39 is 17.9 Å². The first kappa shape index (κ1) is 17.5. The highest BCUT2D eigenvalue weighted by Crippen LogP contribution is 2.29. The first-order valence-electron chi connectivity index (χ1n) is 7.42. The minimum atomic E-state index is -4.58. The van der Waals surface area contributed by atoms with Crippen molar-refractivity contribution >= 4 is 5.91 Å². The highest BCUT2D eigenvalue weighted by molar-refractivity contribution is 5.94. The van der Waals surface area contributed by atoms with Crippen molar-refractivity contribution in [3.05, 3.63) is 60.0 Å². The summed E-state index contributed by atoms with van der Waals surface area (Å²) in [6.45, 7) is 1.62. The molecule has 0 saturated carbocycles. The molecule has 1 atom stereocenters. The average Bonchev–Trinajstić information content (AvgIpc) is 3.12. The Kier molecular flexibility index (Phi) is 4.65. The number of nitrogens with zero attached hydrogens (tertiary/aromatic N) is 4. The molecule has 0 aliphatic rings. The van der Waals surface area contributed by atoms with Gasteiger partial charge in [0.15, 0.2) is 0 Å². The third kappa shape index (κ3) is 3.85. The van der Waals surface area contributed by atoms with Crippen molar-refractivity contribution in [3.8, 4) is 11.4 Å². The molecule has 3 rings (SSSR count). The quantitative estimate of drug-likeness (QED) is 0.766. The molecule has 3 aromatic rings. The average molecular weight is 363 g/mol. The molecule has 1 N–H and O–H groups in total. The summed E-state index contributed by atoms with van der Waals surface area (Å²) < 4.78 is 43.3. The lowest BCUT2D eigenvalue weighted by Gasteiger charge is -2.09. The predicted molar refractivity (Wildman–Crippen MR) is 82.6 cm³/mol. The lowest BCUT2D eigenvalue weighted by atomic mass is 10.2. The van der Waals surface area contributed by atoms with Crippen LogP contribution in [0.1, 0.15) is 34.9 Å². The van der Waals surface area contributed by atoms with E-state index in [-0.39, 0.29) is 23.2 Å².